The van der Waals surface area contributed by atoms with Gasteiger partial charge in [-0.15, -0.1) is 0 Å². The smallest absolute Gasteiger partial charge is 0.316 e. The zero-order chi connectivity index (χ0) is 19.6. The van der Waals surface area contributed by atoms with Crippen molar-refractivity contribution in [1.29, 1.82) is 0 Å². The van der Waals surface area contributed by atoms with Gasteiger partial charge >= 0.3 is 11.1 Å². The van der Waals surface area contributed by atoms with Crippen molar-refractivity contribution in [2.24, 2.45) is 0 Å². The van der Waals surface area contributed by atoms with Crippen LogP contribution in [0.5, 0.6) is 0 Å². The van der Waals surface area contributed by atoms with Crippen LogP contribution in [0.4, 0.5) is 0 Å². The molecule has 27 heavy (non-hydrogen) atoms. The molecule has 0 aliphatic heterocycles. The van der Waals surface area contributed by atoms with Crippen LogP contribution >= 0.6 is 0 Å². The number of carbonyl (C=O) groups is 1. The lowest BCUT2D eigenvalue weighted by Crippen LogP contribution is -2.36. The number of aromatic amines is 1. The van der Waals surface area contributed by atoms with E-state index in [0.717, 1.165) is 12.0 Å². The van der Waals surface area contributed by atoms with Crippen molar-refractivity contribution in [1.82, 2.24) is 14.9 Å². The van der Waals surface area contributed by atoms with Crippen LogP contribution < -0.4 is 16.4 Å². The van der Waals surface area contributed by atoms with Gasteiger partial charge in [0.15, 0.2) is 0 Å². The molecule has 1 amide bonds. The van der Waals surface area contributed by atoms with Gasteiger partial charge in [0.2, 0.25) is 0 Å². The Morgan fingerprint density at radius 1 is 1.11 bits per heavy atom. The predicted octanol–water partition coefficient (Wildman–Crippen LogP) is 2.76. The Kier molecular flexibility index (Phi) is 5.26. The van der Waals surface area contributed by atoms with Gasteiger partial charge in [0.25, 0.3) is 5.91 Å². The van der Waals surface area contributed by atoms with Crippen molar-refractivity contribution in [3.63, 3.8) is 0 Å². The minimum absolute atomic E-state index is 0.150. The molecule has 2 N–H and O–H groups in total. The Labute approximate surface area is 156 Å². The van der Waals surface area contributed by atoms with E-state index in [1.807, 2.05) is 19.1 Å². The first-order valence-corrected chi connectivity index (χ1v) is 9.11. The maximum absolute atomic E-state index is 12.6. The van der Waals surface area contributed by atoms with Crippen molar-refractivity contribution in [2.45, 2.75) is 39.8 Å². The molecule has 6 nitrogen and oxygen atoms in total. The molecular weight excluding hydrogens is 342 g/mol. The lowest BCUT2D eigenvalue weighted by atomic mass is 10.0. The molecular formula is C21H23N3O3. The van der Waals surface area contributed by atoms with Gasteiger partial charge in [-0.25, -0.2) is 0 Å². The van der Waals surface area contributed by atoms with Crippen molar-refractivity contribution >= 4 is 16.9 Å². The first kappa shape index (κ1) is 18.6. The van der Waals surface area contributed by atoms with Crippen molar-refractivity contribution in [3.05, 3.63) is 79.9 Å². The summed E-state index contributed by atoms with van der Waals surface area (Å²) in [5.41, 5.74) is 2.48. The van der Waals surface area contributed by atoms with E-state index in [9.17, 15) is 14.4 Å². The Hall–Kier alpha value is -3.15. The van der Waals surface area contributed by atoms with Gasteiger partial charge in [0, 0.05) is 12.1 Å². The standard InChI is InChI=1S/C21H23N3O3/c1-4-14-6-8-15(9-7-14)13(3)22-19(25)16-10-11-18-17(12-16)23-20(26)21(27)24(18)5-2/h6-13H,4-5H2,1-3H3,(H,22,25)(H,23,26). The average Bonchev–Trinajstić information content (AvgIpc) is 2.68. The van der Waals surface area contributed by atoms with E-state index in [2.05, 4.69) is 29.4 Å². The van der Waals surface area contributed by atoms with E-state index in [1.165, 1.54) is 10.1 Å². The summed E-state index contributed by atoms with van der Waals surface area (Å²) in [6.45, 7) is 6.21. The molecule has 1 unspecified atom stereocenters. The molecule has 3 aromatic rings. The largest absolute Gasteiger partial charge is 0.346 e. The van der Waals surface area contributed by atoms with Crippen molar-refractivity contribution in [3.8, 4) is 0 Å². The summed E-state index contributed by atoms with van der Waals surface area (Å²) >= 11 is 0. The lowest BCUT2D eigenvalue weighted by molar-refractivity contribution is 0.0940. The maximum atomic E-state index is 12.6. The first-order chi connectivity index (χ1) is 12.9. The molecule has 2 aromatic carbocycles. The second-order valence-corrected chi connectivity index (χ2v) is 6.53. The SMILES string of the molecule is CCc1ccc(C(C)NC(=O)c2ccc3c(c2)[nH]c(=O)c(=O)n3CC)cc1. The number of aromatic nitrogens is 2. The molecule has 1 heterocycles. The number of amides is 1. The summed E-state index contributed by atoms with van der Waals surface area (Å²) in [6.07, 6.45) is 0.971. The molecule has 1 aromatic heterocycles. The third-order valence-electron chi connectivity index (χ3n) is 4.79. The number of H-pyrrole nitrogens is 1. The van der Waals surface area contributed by atoms with Gasteiger partial charge in [-0.05, 0) is 49.6 Å². The molecule has 0 spiro atoms. The van der Waals surface area contributed by atoms with Crippen LogP contribution in [-0.4, -0.2) is 15.5 Å². The normalized spacial score (nSPS) is 12.1. The van der Waals surface area contributed by atoms with Gasteiger partial charge < -0.3 is 14.9 Å². The second kappa shape index (κ2) is 7.61. The molecule has 0 fully saturated rings. The third-order valence-corrected chi connectivity index (χ3v) is 4.79. The summed E-state index contributed by atoms with van der Waals surface area (Å²) in [6, 6.07) is 12.9. The minimum Gasteiger partial charge on any atom is -0.346 e. The Balaban J connectivity index is 1.88. The molecule has 0 bridgehead atoms. The fourth-order valence-corrected chi connectivity index (χ4v) is 3.14. The van der Waals surface area contributed by atoms with Crippen LogP contribution in [0, 0.1) is 0 Å². The highest BCUT2D eigenvalue weighted by Crippen LogP contribution is 2.16. The maximum Gasteiger partial charge on any atom is 0.316 e. The van der Waals surface area contributed by atoms with E-state index < -0.39 is 11.1 Å². The topological polar surface area (TPSA) is 84.0 Å². The number of rotatable bonds is 5. The molecule has 6 heteroatoms. The van der Waals surface area contributed by atoms with E-state index in [0.29, 0.717) is 23.1 Å². The van der Waals surface area contributed by atoms with Gasteiger partial charge in [0.05, 0.1) is 17.1 Å². The average molecular weight is 365 g/mol. The van der Waals surface area contributed by atoms with E-state index in [-0.39, 0.29) is 11.9 Å². The zero-order valence-corrected chi connectivity index (χ0v) is 15.7. The van der Waals surface area contributed by atoms with E-state index in [4.69, 9.17) is 0 Å². The monoisotopic (exact) mass is 365 g/mol. The molecule has 0 saturated heterocycles. The summed E-state index contributed by atoms with van der Waals surface area (Å²) in [5.74, 6) is -0.237. The number of fused-ring (bicyclic) bond motifs is 1. The molecule has 0 saturated carbocycles. The number of hydrogen-bond donors (Lipinski definition) is 2. The molecule has 3 rings (SSSR count). The quantitative estimate of drug-likeness (QED) is 0.682. The molecule has 140 valence electrons. The summed E-state index contributed by atoms with van der Waals surface area (Å²) in [4.78, 5) is 38.9. The fourth-order valence-electron chi connectivity index (χ4n) is 3.14. The van der Waals surface area contributed by atoms with Crippen molar-refractivity contribution in [2.75, 3.05) is 0 Å². The lowest BCUT2D eigenvalue weighted by Gasteiger charge is -2.15. The summed E-state index contributed by atoms with van der Waals surface area (Å²) in [7, 11) is 0. The van der Waals surface area contributed by atoms with Gasteiger partial charge in [-0.2, -0.15) is 0 Å². The zero-order valence-electron chi connectivity index (χ0n) is 15.7. The number of nitrogens with zero attached hydrogens (tertiary/aromatic N) is 1. The Morgan fingerprint density at radius 2 is 1.81 bits per heavy atom. The van der Waals surface area contributed by atoms with Gasteiger partial charge in [-0.1, -0.05) is 31.2 Å². The second-order valence-electron chi connectivity index (χ2n) is 6.53. The Morgan fingerprint density at radius 3 is 2.44 bits per heavy atom. The third kappa shape index (κ3) is 3.69. The van der Waals surface area contributed by atoms with Crippen LogP contribution in [0.3, 0.4) is 0 Å². The number of aryl methyl sites for hydroxylation is 2. The number of carbonyl (C=O) groups excluding carboxylic acids is 1. The van der Waals surface area contributed by atoms with E-state index >= 15 is 0 Å². The Bertz CT molecular complexity index is 1090. The van der Waals surface area contributed by atoms with Crippen LogP contribution in [0.1, 0.15) is 48.3 Å². The van der Waals surface area contributed by atoms with Crippen molar-refractivity contribution < 1.29 is 4.79 Å². The number of nitrogens with one attached hydrogen (secondary N) is 2. The molecule has 1 atom stereocenters. The summed E-state index contributed by atoms with van der Waals surface area (Å²) in [5, 5.41) is 2.97. The van der Waals surface area contributed by atoms with Crippen LogP contribution in [0.25, 0.3) is 11.0 Å². The summed E-state index contributed by atoms with van der Waals surface area (Å²) < 4.78 is 1.40. The number of benzene rings is 2. The predicted molar refractivity (Wildman–Crippen MR) is 106 cm³/mol. The molecule has 0 aliphatic carbocycles. The van der Waals surface area contributed by atoms with Gasteiger partial charge in [0.1, 0.15) is 0 Å². The van der Waals surface area contributed by atoms with E-state index in [1.54, 1.807) is 25.1 Å². The van der Waals surface area contributed by atoms with Gasteiger partial charge in [-0.3, -0.25) is 14.4 Å². The highest BCUT2D eigenvalue weighted by molar-refractivity contribution is 5.97. The highest BCUT2D eigenvalue weighted by atomic mass is 16.2. The van der Waals surface area contributed by atoms with Crippen LogP contribution in [0.2, 0.25) is 0 Å². The number of hydrogen-bond acceptors (Lipinski definition) is 3. The molecule has 0 radical (unpaired) electrons. The first-order valence-electron chi connectivity index (χ1n) is 9.11. The van der Waals surface area contributed by atoms with Crippen LogP contribution in [-0.2, 0) is 13.0 Å². The van der Waals surface area contributed by atoms with Crippen LogP contribution in [0.15, 0.2) is 52.1 Å². The minimum atomic E-state index is -0.689. The highest BCUT2D eigenvalue weighted by Gasteiger charge is 2.14. The molecule has 0 aliphatic rings. The fraction of sp³-hybridized carbons (Fsp3) is 0.286.